The van der Waals surface area contributed by atoms with Crippen LogP contribution in [0.15, 0.2) is 0 Å². The summed E-state index contributed by atoms with van der Waals surface area (Å²) in [6, 6.07) is 0. The van der Waals surface area contributed by atoms with Crippen LogP contribution >= 0.6 is 0 Å². The molecular formula is C9H14O. The Morgan fingerprint density at radius 1 is 1.40 bits per heavy atom. The van der Waals surface area contributed by atoms with Crippen molar-refractivity contribution in [3.63, 3.8) is 0 Å². The van der Waals surface area contributed by atoms with Gasteiger partial charge in [-0.2, -0.15) is 0 Å². The highest BCUT2D eigenvalue weighted by atomic mass is 16.3. The highest BCUT2D eigenvalue weighted by molar-refractivity contribution is 5.12. The van der Waals surface area contributed by atoms with Crippen molar-refractivity contribution in [1.82, 2.24) is 0 Å². The largest absolute Gasteiger partial charge is 0.378 e. The second kappa shape index (κ2) is 2.00. The standard InChI is InChI=1S/C9H14O/c1-4-9(10)6-5-8(2,3)7-9/h1,10H,5-7H2,2-3H3. The predicted molar refractivity (Wildman–Crippen MR) is 41.4 cm³/mol. The maximum absolute atomic E-state index is 9.60. The van der Waals surface area contributed by atoms with E-state index in [1.165, 1.54) is 0 Å². The molecule has 0 aromatic rings. The number of hydrogen-bond acceptors (Lipinski definition) is 1. The molecule has 0 heterocycles. The fourth-order valence-electron chi connectivity index (χ4n) is 1.64. The Morgan fingerprint density at radius 2 is 2.00 bits per heavy atom. The molecule has 10 heavy (non-hydrogen) atoms. The van der Waals surface area contributed by atoms with Gasteiger partial charge in [0.1, 0.15) is 5.60 Å². The topological polar surface area (TPSA) is 20.2 Å². The summed E-state index contributed by atoms with van der Waals surface area (Å²) < 4.78 is 0. The summed E-state index contributed by atoms with van der Waals surface area (Å²) >= 11 is 0. The van der Waals surface area contributed by atoms with Crippen LogP contribution < -0.4 is 0 Å². The van der Waals surface area contributed by atoms with Crippen molar-refractivity contribution in [3.05, 3.63) is 0 Å². The second-order valence-electron chi connectivity index (χ2n) is 4.02. The first-order valence-electron chi connectivity index (χ1n) is 3.68. The fourth-order valence-corrected chi connectivity index (χ4v) is 1.64. The highest BCUT2D eigenvalue weighted by Gasteiger charge is 2.40. The van der Waals surface area contributed by atoms with Gasteiger partial charge >= 0.3 is 0 Å². The summed E-state index contributed by atoms with van der Waals surface area (Å²) in [5.74, 6) is 2.45. The van der Waals surface area contributed by atoms with Crippen LogP contribution in [0.1, 0.15) is 33.1 Å². The first kappa shape index (κ1) is 7.63. The Bertz CT molecular complexity index is 176. The SMILES string of the molecule is C#CC1(O)CCC(C)(C)C1. The molecule has 1 fully saturated rings. The molecule has 1 aliphatic carbocycles. The van der Waals surface area contributed by atoms with E-state index in [-0.39, 0.29) is 5.41 Å². The van der Waals surface area contributed by atoms with Crippen LogP contribution in [0.2, 0.25) is 0 Å². The summed E-state index contributed by atoms with van der Waals surface area (Å²) in [5.41, 5.74) is -0.565. The monoisotopic (exact) mass is 138 g/mol. The molecule has 0 amide bonds. The molecule has 1 rings (SSSR count). The maximum Gasteiger partial charge on any atom is 0.125 e. The lowest BCUT2D eigenvalue weighted by Crippen LogP contribution is -2.23. The van der Waals surface area contributed by atoms with E-state index in [4.69, 9.17) is 6.42 Å². The number of hydrogen-bond donors (Lipinski definition) is 1. The van der Waals surface area contributed by atoms with Gasteiger partial charge in [0.25, 0.3) is 0 Å². The average molecular weight is 138 g/mol. The van der Waals surface area contributed by atoms with Gasteiger partial charge in [0.15, 0.2) is 0 Å². The molecule has 0 bridgehead atoms. The van der Waals surface area contributed by atoms with Gasteiger partial charge in [-0.25, -0.2) is 0 Å². The van der Waals surface area contributed by atoms with E-state index < -0.39 is 5.60 Å². The third-order valence-corrected chi connectivity index (χ3v) is 2.26. The van der Waals surface area contributed by atoms with Gasteiger partial charge in [0.05, 0.1) is 0 Å². The normalized spacial score (nSPS) is 37.4. The molecule has 1 saturated carbocycles. The fraction of sp³-hybridized carbons (Fsp3) is 0.778. The molecule has 0 spiro atoms. The van der Waals surface area contributed by atoms with E-state index in [0.717, 1.165) is 19.3 Å². The number of terminal acetylenes is 1. The van der Waals surface area contributed by atoms with E-state index in [0.29, 0.717) is 0 Å². The minimum atomic E-state index is -0.802. The molecule has 0 aromatic carbocycles. The van der Waals surface area contributed by atoms with Crippen LogP contribution in [0.4, 0.5) is 0 Å². The summed E-state index contributed by atoms with van der Waals surface area (Å²) in [5, 5.41) is 9.60. The lowest BCUT2D eigenvalue weighted by Gasteiger charge is -2.19. The third kappa shape index (κ3) is 1.33. The van der Waals surface area contributed by atoms with Gasteiger partial charge in [-0.15, -0.1) is 6.42 Å². The molecule has 1 nitrogen and oxygen atoms in total. The van der Waals surface area contributed by atoms with Crippen molar-refractivity contribution >= 4 is 0 Å². The summed E-state index contributed by atoms with van der Waals surface area (Å²) in [6.07, 6.45) is 7.73. The Kier molecular flexibility index (Phi) is 1.53. The molecule has 0 saturated heterocycles. The Hall–Kier alpha value is -0.480. The van der Waals surface area contributed by atoms with E-state index in [1.54, 1.807) is 0 Å². The van der Waals surface area contributed by atoms with Crippen LogP contribution in [0.3, 0.4) is 0 Å². The molecule has 0 aromatic heterocycles. The summed E-state index contributed by atoms with van der Waals surface area (Å²) in [6.45, 7) is 4.28. The van der Waals surface area contributed by atoms with Crippen LogP contribution in [0, 0.1) is 17.8 Å². The Balaban J connectivity index is 2.69. The van der Waals surface area contributed by atoms with Gasteiger partial charge in [-0.05, 0) is 24.7 Å². The molecule has 1 N–H and O–H groups in total. The van der Waals surface area contributed by atoms with E-state index in [9.17, 15) is 5.11 Å². The van der Waals surface area contributed by atoms with Crippen molar-refractivity contribution in [3.8, 4) is 12.3 Å². The van der Waals surface area contributed by atoms with E-state index in [1.807, 2.05) is 0 Å². The maximum atomic E-state index is 9.60. The van der Waals surface area contributed by atoms with Crippen molar-refractivity contribution in [2.75, 3.05) is 0 Å². The number of rotatable bonds is 0. The van der Waals surface area contributed by atoms with E-state index in [2.05, 4.69) is 19.8 Å². The smallest absolute Gasteiger partial charge is 0.125 e. The highest BCUT2D eigenvalue weighted by Crippen LogP contribution is 2.42. The van der Waals surface area contributed by atoms with Gasteiger partial charge < -0.3 is 5.11 Å². The number of aliphatic hydroxyl groups is 1. The zero-order valence-corrected chi connectivity index (χ0v) is 6.65. The summed E-state index contributed by atoms with van der Waals surface area (Å²) in [7, 11) is 0. The van der Waals surface area contributed by atoms with Crippen molar-refractivity contribution in [2.45, 2.75) is 38.7 Å². The molecule has 1 heteroatoms. The van der Waals surface area contributed by atoms with E-state index >= 15 is 0 Å². The lowest BCUT2D eigenvalue weighted by molar-refractivity contribution is 0.0974. The minimum Gasteiger partial charge on any atom is -0.378 e. The second-order valence-corrected chi connectivity index (χ2v) is 4.02. The Labute approximate surface area is 62.4 Å². The predicted octanol–water partition coefficient (Wildman–Crippen LogP) is 1.56. The van der Waals surface area contributed by atoms with Crippen molar-refractivity contribution in [1.29, 1.82) is 0 Å². The van der Waals surface area contributed by atoms with Crippen LogP contribution in [-0.4, -0.2) is 10.7 Å². The van der Waals surface area contributed by atoms with Gasteiger partial charge in [-0.3, -0.25) is 0 Å². The zero-order valence-electron chi connectivity index (χ0n) is 6.65. The molecule has 0 radical (unpaired) electrons. The summed E-state index contributed by atoms with van der Waals surface area (Å²) in [4.78, 5) is 0. The van der Waals surface area contributed by atoms with Gasteiger partial charge in [-0.1, -0.05) is 19.8 Å². The molecule has 1 aliphatic rings. The third-order valence-electron chi connectivity index (χ3n) is 2.26. The van der Waals surface area contributed by atoms with Crippen LogP contribution in [0.25, 0.3) is 0 Å². The molecule has 1 unspecified atom stereocenters. The first-order chi connectivity index (χ1) is 4.47. The zero-order chi connectivity index (χ0) is 7.83. The van der Waals surface area contributed by atoms with Crippen molar-refractivity contribution < 1.29 is 5.11 Å². The first-order valence-corrected chi connectivity index (χ1v) is 3.68. The van der Waals surface area contributed by atoms with Crippen molar-refractivity contribution in [2.24, 2.45) is 5.41 Å². The lowest BCUT2D eigenvalue weighted by atomic mass is 9.89. The Morgan fingerprint density at radius 3 is 2.20 bits per heavy atom. The molecule has 56 valence electrons. The van der Waals surface area contributed by atoms with Crippen LogP contribution in [0.5, 0.6) is 0 Å². The van der Waals surface area contributed by atoms with Gasteiger partial charge in [0.2, 0.25) is 0 Å². The average Bonchev–Trinajstić information content (AvgIpc) is 2.08. The van der Waals surface area contributed by atoms with Gasteiger partial charge in [0, 0.05) is 0 Å². The molecule has 1 atom stereocenters. The van der Waals surface area contributed by atoms with Crippen LogP contribution in [-0.2, 0) is 0 Å². The minimum absolute atomic E-state index is 0.237. The molecule has 0 aliphatic heterocycles. The molecular weight excluding hydrogens is 124 g/mol. The quantitative estimate of drug-likeness (QED) is 0.504.